The lowest BCUT2D eigenvalue weighted by atomic mass is 10.1. The largest absolute Gasteiger partial charge is 0.325 e. The molecule has 136 valence electrons. The monoisotopic (exact) mass is 397 g/mol. The first-order valence-corrected chi connectivity index (χ1v) is 9.51. The fourth-order valence-electron chi connectivity index (χ4n) is 2.30. The third kappa shape index (κ3) is 5.39. The van der Waals surface area contributed by atoms with Gasteiger partial charge >= 0.3 is 0 Å². The van der Waals surface area contributed by atoms with E-state index in [1.165, 1.54) is 18.7 Å². The van der Waals surface area contributed by atoms with E-state index in [1.807, 2.05) is 24.3 Å². The smallest absolute Gasteiger partial charge is 0.234 e. The van der Waals surface area contributed by atoms with Gasteiger partial charge in [0, 0.05) is 21.8 Å². The molecule has 3 rings (SSSR count). The van der Waals surface area contributed by atoms with E-state index in [0.717, 1.165) is 11.3 Å². The summed E-state index contributed by atoms with van der Waals surface area (Å²) in [4.78, 5) is 23.3. The molecule has 1 heterocycles. The number of hydrogen-bond donors (Lipinski definition) is 1. The van der Waals surface area contributed by atoms with Crippen molar-refractivity contribution in [2.45, 2.75) is 11.9 Å². The highest BCUT2D eigenvalue weighted by Gasteiger charge is 2.07. The Labute approximate surface area is 166 Å². The molecule has 0 atom stereocenters. The average Bonchev–Trinajstić information content (AvgIpc) is 2.68. The molecule has 5 nitrogen and oxygen atoms in total. The summed E-state index contributed by atoms with van der Waals surface area (Å²) in [5.41, 5.74) is 2.93. The third-order valence-corrected chi connectivity index (χ3v) is 4.88. The quantitative estimate of drug-likeness (QED) is 0.481. The number of anilines is 1. The van der Waals surface area contributed by atoms with E-state index < -0.39 is 0 Å². The predicted molar refractivity (Wildman–Crippen MR) is 108 cm³/mol. The van der Waals surface area contributed by atoms with Crippen molar-refractivity contribution in [2.75, 3.05) is 11.1 Å². The van der Waals surface area contributed by atoms with Crippen molar-refractivity contribution in [3.8, 4) is 11.3 Å². The molecule has 0 spiro atoms. The van der Waals surface area contributed by atoms with Crippen LogP contribution in [0, 0.1) is 0 Å². The first kappa shape index (κ1) is 19.1. The molecule has 1 amide bonds. The number of aromatic nitrogens is 2. The summed E-state index contributed by atoms with van der Waals surface area (Å²) in [6, 6.07) is 17.8. The molecule has 0 aliphatic heterocycles. The maximum absolute atomic E-state index is 12.1. The Morgan fingerprint density at radius 1 is 0.963 bits per heavy atom. The SMILES string of the molecule is CC(=O)c1ccc(NC(=O)CSc2ccc(-c3ccc(Cl)cc3)nn2)cc1. The van der Waals surface area contributed by atoms with Gasteiger partial charge in [-0.1, -0.05) is 35.5 Å². The highest BCUT2D eigenvalue weighted by molar-refractivity contribution is 7.99. The van der Waals surface area contributed by atoms with E-state index in [2.05, 4.69) is 15.5 Å². The number of rotatable bonds is 6. The lowest BCUT2D eigenvalue weighted by Gasteiger charge is -2.06. The zero-order valence-corrected chi connectivity index (χ0v) is 16.1. The second-order valence-corrected chi connectivity index (χ2v) is 7.17. The highest BCUT2D eigenvalue weighted by Crippen LogP contribution is 2.21. The minimum absolute atomic E-state index is 0.0101. The van der Waals surface area contributed by atoms with E-state index in [-0.39, 0.29) is 17.4 Å². The number of nitrogens with one attached hydrogen (secondary N) is 1. The molecule has 0 unspecified atom stereocenters. The van der Waals surface area contributed by atoms with Crippen LogP contribution in [0.5, 0.6) is 0 Å². The van der Waals surface area contributed by atoms with Crippen LogP contribution in [-0.2, 0) is 4.79 Å². The number of thioether (sulfide) groups is 1. The zero-order valence-electron chi connectivity index (χ0n) is 14.5. The molecule has 0 aliphatic rings. The van der Waals surface area contributed by atoms with Gasteiger partial charge in [0.2, 0.25) is 5.91 Å². The van der Waals surface area contributed by atoms with Gasteiger partial charge < -0.3 is 5.32 Å². The number of ketones is 1. The fraction of sp³-hybridized carbons (Fsp3) is 0.100. The van der Waals surface area contributed by atoms with E-state index in [4.69, 9.17) is 11.6 Å². The van der Waals surface area contributed by atoms with Crippen LogP contribution in [0.2, 0.25) is 5.02 Å². The van der Waals surface area contributed by atoms with Crippen LogP contribution in [0.25, 0.3) is 11.3 Å². The molecular weight excluding hydrogens is 382 g/mol. The molecule has 7 heteroatoms. The Bertz CT molecular complexity index is 942. The number of Topliss-reactive ketones (excluding diaryl/α,β-unsaturated/α-hetero) is 1. The Hall–Kier alpha value is -2.70. The Kier molecular flexibility index (Phi) is 6.21. The Balaban J connectivity index is 1.54. The molecule has 0 radical (unpaired) electrons. The molecule has 3 aromatic rings. The molecule has 2 aromatic carbocycles. The van der Waals surface area contributed by atoms with Crippen LogP contribution < -0.4 is 5.32 Å². The molecule has 0 saturated heterocycles. The van der Waals surface area contributed by atoms with Crippen LogP contribution in [0.3, 0.4) is 0 Å². The summed E-state index contributed by atoms with van der Waals surface area (Å²) < 4.78 is 0. The normalized spacial score (nSPS) is 10.4. The van der Waals surface area contributed by atoms with E-state index in [1.54, 1.807) is 36.4 Å². The number of nitrogens with zero attached hydrogens (tertiary/aromatic N) is 2. The van der Waals surface area contributed by atoms with Crippen LogP contribution >= 0.6 is 23.4 Å². The van der Waals surface area contributed by atoms with Crippen LogP contribution in [-0.4, -0.2) is 27.6 Å². The van der Waals surface area contributed by atoms with Crippen molar-refractivity contribution < 1.29 is 9.59 Å². The number of amides is 1. The number of carbonyl (C=O) groups excluding carboxylic acids is 2. The molecule has 27 heavy (non-hydrogen) atoms. The van der Waals surface area contributed by atoms with Gasteiger partial charge in [-0.05, 0) is 55.5 Å². The zero-order chi connectivity index (χ0) is 19.2. The highest BCUT2D eigenvalue weighted by atomic mass is 35.5. The van der Waals surface area contributed by atoms with Gasteiger partial charge in [0.15, 0.2) is 5.78 Å². The minimum Gasteiger partial charge on any atom is -0.325 e. The van der Waals surface area contributed by atoms with Crippen LogP contribution in [0.4, 0.5) is 5.69 Å². The lowest BCUT2D eigenvalue weighted by molar-refractivity contribution is -0.113. The number of carbonyl (C=O) groups is 2. The molecule has 1 aromatic heterocycles. The fourth-order valence-corrected chi connectivity index (χ4v) is 3.04. The van der Waals surface area contributed by atoms with Crippen molar-refractivity contribution in [1.29, 1.82) is 0 Å². The first-order chi connectivity index (χ1) is 13.0. The molecule has 0 aliphatic carbocycles. The second kappa shape index (κ2) is 8.79. The number of benzene rings is 2. The predicted octanol–water partition coefficient (Wildman–Crippen LogP) is 4.73. The van der Waals surface area contributed by atoms with Crippen molar-refractivity contribution >= 4 is 40.7 Å². The van der Waals surface area contributed by atoms with E-state index in [9.17, 15) is 9.59 Å². The molecular formula is C20H16ClN3O2S. The molecule has 0 saturated carbocycles. The van der Waals surface area contributed by atoms with Gasteiger partial charge in [0.1, 0.15) is 5.03 Å². The van der Waals surface area contributed by atoms with Gasteiger partial charge in [0.25, 0.3) is 0 Å². The summed E-state index contributed by atoms with van der Waals surface area (Å²) in [7, 11) is 0. The summed E-state index contributed by atoms with van der Waals surface area (Å²) in [5.74, 6) is 0.0480. The van der Waals surface area contributed by atoms with Crippen molar-refractivity contribution in [3.63, 3.8) is 0 Å². The summed E-state index contributed by atoms with van der Waals surface area (Å²) in [6.07, 6.45) is 0. The minimum atomic E-state index is -0.154. The van der Waals surface area contributed by atoms with Gasteiger partial charge in [-0.2, -0.15) is 0 Å². The molecule has 0 bridgehead atoms. The van der Waals surface area contributed by atoms with Crippen molar-refractivity contribution in [1.82, 2.24) is 10.2 Å². The molecule has 0 fully saturated rings. The molecule has 1 N–H and O–H groups in total. The second-order valence-electron chi connectivity index (χ2n) is 5.73. The van der Waals surface area contributed by atoms with Gasteiger partial charge in [-0.25, -0.2) is 0 Å². The van der Waals surface area contributed by atoms with Crippen LogP contribution in [0.1, 0.15) is 17.3 Å². The maximum atomic E-state index is 12.1. The number of halogens is 1. The summed E-state index contributed by atoms with van der Waals surface area (Å²) in [6.45, 7) is 1.50. The third-order valence-electron chi connectivity index (χ3n) is 3.71. The topological polar surface area (TPSA) is 72.0 Å². The summed E-state index contributed by atoms with van der Waals surface area (Å²) in [5, 5.41) is 12.5. The van der Waals surface area contributed by atoms with Crippen molar-refractivity contribution in [2.24, 2.45) is 0 Å². The van der Waals surface area contributed by atoms with Gasteiger partial charge in [-0.15, -0.1) is 10.2 Å². The van der Waals surface area contributed by atoms with E-state index in [0.29, 0.717) is 21.3 Å². The summed E-state index contributed by atoms with van der Waals surface area (Å²) >= 11 is 7.18. The first-order valence-electron chi connectivity index (χ1n) is 8.14. The average molecular weight is 398 g/mol. The van der Waals surface area contributed by atoms with Gasteiger partial charge in [-0.3, -0.25) is 9.59 Å². The van der Waals surface area contributed by atoms with Crippen molar-refractivity contribution in [3.05, 3.63) is 71.2 Å². The van der Waals surface area contributed by atoms with Gasteiger partial charge in [0.05, 0.1) is 11.4 Å². The number of hydrogen-bond acceptors (Lipinski definition) is 5. The Morgan fingerprint density at radius 3 is 2.26 bits per heavy atom. The maximum Gasteiger partial charge on any atom is 0.234 e. The lowest BCUT2D eigenvalue weighted by Crippen LogP contribution is -2.14. The standard InChI is InChI=1S/C20H16ClN3O2S/c1-13(25)14-4-8-17(9-5-14)22-19(26)12-27-20-11-10-18(23-24-20)15-2-6-16(21)7-3-15/h2-11H,12H2,1H3,(H,22,26). The van der Waals surface area contributed by atoms with E-state index >= 15 is 0 Å². The van der Waals surface area contributed by atoms with Crippen LogP contribution in [0.15, 0.2) is 65.7 Å². The Morgan fingerprint density at radius 2 is 1.67 bits per heavy atom.